The van der Waals surface area contributed by atoms with Gasteiger partial charge >= 0.3 is 12.4 Å². The maximum atomic E-state index is 13.5. The summed E-state index contributed by atoms with van der Waals surface area (Å²) in [4.78, 5) is 0. The SMILES string of the molecule is Cc1ccc(-c2ccc(C)c(C)c2C(F)(F)F)c(C(F)(F)F)c1C. The van der Waals surface area contributed by atoms with Crippen LogP contribution >= 0.6 is 0 Å². The molecule has 0 amide bonds. The zero-order chi connectivity index (χ0) is 18.4. The van der Waals surface area contributed by atoms with E-state index in [1.54, 1.807) is 0 Å². The highest BCUT2D eigenvalue weighted by Crippen LogP contribution is 2.45. The van der Waals surface area contributed by atoms with E-state index in [0.717, 1.165) is 12.1 Å². The van der Waals surface area contributed by atoms with Gasteiger partial charge < -0.3 is 0 Å². The summed E-state index contributed by atoms with van der Waals surface area (Å²) in [6.07, 6.45) is -9.49. The number of benzene rings is 2. The number of rotatable bonds is 1. The van der Waals surface area contributed by atoms with Crippen LogP contribution in [-0.2, 0) is 12.4 Å². The highest BCUT2D eigenvalue weighted by molar-refractivity contribution is 5.75. The third-order valence-electron chi connectivity index (χ3n) is 4.33. The first-order valence-electron chi connectivity index (χ1n) is 7.21. The van der Waals surface area contributed by atoms with Crippen molar-refractivity contribution >= 4 is 0 Å². The Bertz CT molecular complexity index is 714. The fraction of sp³-hybridized carbons (Fsp3) is 0.333. The molecule has 0 nitrogen and oxygen atoms in total. The molecule has 130 valence electrons. The van der Waals surface area contributed by atoms with Crippen molar-refractivity contribution in [1.82, 2.24) is 0 Å². The second-order valence-corrected chi connectivity index (χ2v) is 5.86. The molecular weight excluding hydrogens is 330 g/mol. The molecule has 2 aromatic carbocycles. The molecule has 0 atom stereocenters. The Morgan fingerprint density at radius 2 is 0.833 bits per heavy atom. The minimum Gasteiger partial charge on any atom is -0.166 e. The van der Waals surface area contributed by atoms with Crippen LogP contribution in [0.3, 0.4) is 0 Å². The molecule has 0 aliphatic heterocycles. The fourth-order valence-electron chi connectivity index (χ4n) is 2.81. The van der Waals surface area contributed by atoms with Crippen molar-refractivity contribution in [1.29, 1.82) is 0 Å². The first kappa shape index (κ1) is 18.4. The lowest BCUT2D eigenvalue weighted by Gasteiger charge is -2.22. The van der Waals surface area contributed by atoms with Crippen molar-refractivity contribution < 1.29 is 26.3 Å². The van der Waals surface area contributed by atoms with Crippen LogP contribution in [0.2, 0.25) is 0 Å². The Morgan fingerprint density at radius 1 is 0.542 bits per heavy atom. The summed E-state index contributed by atoms with van der Waals surface area (Å²) < 4.78 is 81.0. The van der Waals surface area contributed by atoms with Crippen LogP contribution in [0.25, 0.3) is 11.1 Å². The van der Waals surface area contributed by atoms with E-state index in [1.807, 2.05) is 0 Å². The molecule has 0 fully saturated rings. The minimum absolute atomic E-state index is 0.0636. The molecule has 0 aromatic heterocycles. The highest BCUT2D eigenvalue weighted by atomic mass is 19.4. The second-order valence-electron chi connectivity index (χ2n) is 5.86. The zero-order valence-electron chi connectivity index (χ0n) is 13.6. The van der Waals surface area contributed by atoms with Crippen molar-refractivity contribution in [3.63, 3.8) is 0 Å². The van der Waals surface area contributed by atoms with Crippen LogP contribution in [0.4, 0.5) is 26.3 Å². The van der Waals surface area contributed by atoms with Gasteiger partial charge in [-0.2, -0.15) is 26.3 Å². The Morgan fingerprint density at radius 3 is 1.08 bits per heavy atom. The van der Waals surface area contributed by atoms with Crippen LogP contribution in [0, 0.1) is 27.7 Å². The minimum atomic E-state index is -4.74. The predicted octanol–water partition coefficient (Wildman–Crippen LogP) is 6.62. The van der Waals surface area contributed by atoms with Gasteiger partial charge in [0.25, 0.3) is 0 Å². The average molecular weight is 346 g/mol. The summed E-state index contributed by atoms with van der Waals surface area (Å²) in [6, 6.07) is 5.06. The molecule has 2 rings (SSSR count). The molecule has 6 heteroatoms. The second kappa shape index (κ2) is 5.83. The van der Waals surface area contributed by atoms with Gasteiger partial charge in [0.2, 0.25) is 0 Å². The van der Waals surface area contributed by atoms with E-state index in [4.69, 9.17) is 0 Å². The van der Waals surface area contributed by atoms with Crippen molar-refractivity contribution in [2.45, 2.75) is 40.0 Å². The lowest BCUT2D eigenvalue weighted by molar-refractivity contribution is -0.139. The topological polar surface area (TPSA) is 0 Å². The summed E-state index contributed by atoms with van der Waals surface area (Å²) >= 11 is 0. The van der Waals surface area contributed by atoms with Gasteiger partial charge in [-0.15, -0.1) is 0 Å². The Kier molecular flexibility index (Phi) is 4.46. The van der Waals surface area contributed by atoms with Crippen LogP contribution in [0.5, 0.6) is 0 Å². The van der Waals surface area contributed by atoms with Crippen molar-refractivity contribution in [3.05, 3.63) is 57.6 Å². The van der Waals surface area contributed by atoms with Crippen molar-refractivity contribution in [2.24, 2.45) is 0 Å². The summed E-state index contributed by atoms with van der Waals surface area (Å²) in [5, 5.41) is 0. The number of hydrogen-bond acceptors (Lipinski definition) is 0. The van der Waals surface area contributed by atoms with Crippen molar-refractivity contribution in [2.75, 3.05) is 0 Å². The van der Waals surface area contributed by atoms with Gasteiger partial charge in [0.1, 0.15) is 0 Å². The average Bonchev–Trinajstić information content (AvgIpc) is 2.41. The lowest BCUT2D eigenvalue weighted by Crippen LogP contribution is -2.15. The van der Waals surface area contributed by atoms with E-state index < -0.39 is 34.6 Å². The quantitative estimate of drug-likeness (QED) is 0.509. The lowest BCUT2D eigenvalue weighted by atomic mass is 9.87. The molecular formula is C18H16F6. The predicted molar refractivity (Wildman–Crippen MR) is 80.8 cm³/mol. The number of halogens is 6. The molecule has 0 saturated heterocycles. The van der Waals surface area contributed by atoms with E-state index in [2.05, 4.69) is 0 Å². The Balaban J connectivity index is 2.94. The molecule has 0 aliphatic carbocycles. The van der Waals surface area contributed by atoms with Gasteiger partial charge in [-0.25, -0.2) is 0 Å². The standard InChI is InChI=1S/C18H16F6/c1-9-5-7-13(15(11(9)3)17(19,20)21)14-8-6-10(2)12(4)16(14)18(22,23)24/h5-8H,1-4H3. The van der Waals surface area contributed by atoms with E-state index in [0.29, 0.717) is 11.1 Å². The maximum absolute atomic E-state index is 13.5. The monoisotopic (exact) mass is 346 g/mol. The summed E-state index contributed by atoms with van der Waals surface area (Å²) in [5.41, 5.74) is -2.29. The Labute approximate surface area is 136 Å². The number of aryl methyl sites for hydroxylation is 2. The van der Waals surface area contributed by atoms with Gasteiger partial charge in [0.05, 0.1) is 11.1 Å². The molecule has 0 aliphatic rings. The van der Waals surface area contributed by atoms with Crippen LogP contribution in [-0.4, -0.2) is 0 Å². The molecule has 0 N–H and O–H groups in total. The van der Waals surface area contributed by atoms with E-state index in [1.165, 1.54) is 39.8 Å². The van der Waals surface area contributed by atoms with Crippen molar-refractivity contribution in [3.8, 4) is 11.1 Å². The van der Waals surface area contributed by atoms with Crippen LogP contribution < -0.4 is 0 Å². The van der Waals surface area contributed by atoms with Gasteiger partial charge in [-0.3, -0.25) is 0 Å². The normalized spacial score (nSPS) is 12.6. The van der Waals surface area contributed by atoms with Gasteiger partial charge in [0.15, 0.2) is 0 Å². The molecule has 0 bridgehead atoms. The van der Waals surface area contributed by atoms with Crippen LogP contribution in [0.1, 0.15) is 33.4 Å². The first-order valence-corrected chi connectivity index (χ1v) is 7.21. The largest absolute Gasteiger partial charge is 0.417 e. The van der Waals surface area contributed by atoms with Gasteiger partial charge in [0, 0.05) is 0 Å². The van der Waals surface area contributed by atoms with E-state index >= 15 is 0 Å². The molecule has 0 heterocycles. The summed E-state index contributed by atoms with van der Waals surface area (Å²) in [5.74, 6) is 0. The number of hydrogen-bond donors (Lipinski definition) is 0. The molecule has 0 unspecified atom stereocenters. The maximum Gasteiger partial charge on any atom is 0.417 e. The molecule has 2 aromatic rings. The Hall–Kier alpha value is -1.98. The smallest absolute Gasteiger partial charge is 0.166 e. The molecule has 24 heavy (non-hydrogen) atoms. The third kappa shape index (κ3) is 3.14. The number of alkyl halides is 6. The van der Waals surface area contributed by atoms with Crippen LogP contribution in [0.15, 0.2) is 24.3 Å². The molecule has 0 spiro atoms. The first-order chi connectivity index (χ1) is 10.9. The summed E-state index contributed by atoms with van der Waals surface area (Å²) in [7, 11) is 0. The molecule has 0 saturated carbocycles. The van der Waals surface area contributed by atoms with E-state index in [9.17, 15) is 26.3 Å². The van der Waals surface area contributed by atoms with Gasteiger partial charge in [-0.05, 0) is 61.1 Å². The van der Waals surface area contributed by atoms with E-state index in [-0.39, 0.29) is 11.1 Å². The fourth-order valence-corrected chi connectivity index (χ4v) is 2.81. The molecule has 0 radical (unpaired) electrons. The summed E-state index contributed by atoms with van der Waals surface area (Å²) in [6.45, 7) is 5.55. The third-order valence-corrected chi connectivity index (χ3v) is 4.33. The highest BCUT2D eigenvalue weighted by Gasteiger charge is 2.40. The zero-order valence-corrected chi connectivity index (χ0v) is 13.6. The van der Waals surface area contributed by atoms with Gasteiger partial charge in [-0.1, -0.05) is 24.3 Å².